The Labute approximate surface area is 137 Å². The highest BCUT2D eigenvalue weighted by Crippen LogP contribution is 2.18. The van der Waals surface area contributed by atoms with E-state index in [1.54, 1.807) is 12.1 Å². The second kappa shape index (κ2) is 8.13. The van der Waals surface area contributed by atoms with Gasteiger partial charge in [-0.25, -0.2) is 0 Å². The first kappa shape index (κ1) is 19.2. The minimum Gasteiger partial charge on any atom is -0.282 e. The zero-order valence-corrected chi connectivity index (χ0v) is 13.3. The van der Waals surface area contributed by atoms with E-state index >= 15 is 0 Å². The van der Waals surface area contributed by atoms with Gasteiger partial charge in [-0.3, -0.25) is 24.8 Å². The van der Waals surface area contributed by atoms with E-state index in [9.17, 15) is 28.6 Å². The maximum Gasteiger partial charge on any atom is 0.294 e. The molecule has 0 bridgehead atoms. The van der Waals surface area contributed by atoms with Crippen molar-refractivity contribution in [2.75, 3.05) is 0 Å². The molecule has 0 spiro atoms. The standard InChI is InChI=1S/C8H10O3S.C6H4N2O4/c1-2-7-3-5-8(6-4-7)12(9,10)11;9-7(10)5-2-1-3-6(4-5)8(11)12/h3-6H,2H2,1H3,(H,9,10,11);1-4H. The zero-order valence-electron chi connectivity index (χ0n) is 12.5. The Morgan fingerprint density at radius 2 is 1.42 bits per heavy atom. The maximum absolute atomic E-state index is 10.6. The Morgan fingerprint density at radius 3 is 1.75 bits per heavy atom. The average molecular weight is 354 g/mol. The van der Waals surface area contributed by atoms with Crippen LogP contribution < -0.4 is 0 Å². The van der Waals surface area contributed by atoms with Gasteiger partial charge in [0, 0.05) is 12.1 Å². The van der Waals surface area contributed by atoms with Crippen molar-refractivity contribution in [1.29, 1.82) is 0 Å². The van der Waals surface area contributed by atoms with Crippen LogP contribution in [-0.2, 0) is 16.5 Å². The molecule has 0 aliphatic heterocycles. The van der Waals surface area contributed by atoms with Crippen LogP contribution in [0, 0.1) is 20.2 Å². The molecule has 2 aromatic rings. The van der Waals surface area contributed by atoms with Crippen molar-refractivity contribution in [3.8, 4) is 0 Å². The first-order chi connectivity index (χ1) is 11.1. The zero-order chi connectivity index (χ0) is 18.3. The highest BCUT2D eigenvalue weighted by molar-refractivity contribution is 7.85. The van der Waals surface area contributed by atoms with E-state index in [2.05, 4.69) is 0 Å². The summed E-state index contributed by atoms with van der Waals surface area (Å²) in [7, 11) is -4.03. The number of non-ortho nitro benzene ring substituents is 2. The fourth-order valence-electron chi connectivity index (χ4n) is 1.62. The van der Waals surface area contributed by atoms with Gasteiger partial charge in [0.2, 0.25) is 0 Å². The van der Waals surface area contributed by atoms with Crippen molar-refractivity contribution < 1.29 is 22.8 Å². The van der Waals surface area contributed by atoms with Gasteiger partial charge in [-0.15, -0.1) is 0 Å². The molecule has 24 heavy (non-hydrogen) atoms. The number of nitro benzene ring substituents is 2. The molecule has 0 amide bonds. The monoisotopic (exact) mass is 354 g/mol. The summed E-state index contributed by atoms with van der Waals surface area (Å²) in [5, 5.41) is 20.3. The number of aryl methyl sites for hydroxylation is 1. The molecule has 0 aromatic heterocycles. The molecule has 0 aliphatic carbocycles. The fraction of sp³-hybridized carbons (Fsp3) is 0.143. The van der Waals surface area contributed by atoms with Crippen LogP contribution in [-0.4, -0.2) is 22.8 Å². The predicted octanol–water partition coefficient (Wildman–Crippen LogP) is 3.00. The Bertz CT molecular complexity index is 803. The molecule has 0 fully saturated rings. The molecule has 10 heteroatoms. The molecule has 0 saturated heterocycles. The number of rotatable bonds is 4. The normalized spacial score (nSPS) is 10.4. The first-order valence-electron chi connectivity index (χ1n) is 6.60. The van der Waals surface area contributed by atoms with Gasteiger partial charge in [0.05, 0.1) is 20.8 Å². The summed E-state index contributed by atoms with van der Waals surface area (Å²) in [6, 6.07) is 10.8. The minimum absolute atomic E-state index is 0.0558. The van der Waals surface area contributed by atoms with Gasteiger partial charge in [-0.05, 0) is 30.2 Å². The Morgan fingerprint density at radius 1 is 0.958 bits per heavy atom. The van der Waals surface area contributed by atoms with Crippen LogP contribution in [0.3, 0.4) is 0 Å². The third-order valence-electron chi connectivity index (χ3n) is 2.88. The topological polar surface area (TPSA) is 141 Å². The van der Waals surface area contributed by atoms with Crippen LogP contribution in [0.5, 0.6) is 0 Å². The summed E-state index contributed by atoms with van der Waals surface area (Å²) < 4.78 is 29.8. The Hall–Kier alpha value is -2.85. The van der Waals surface area contributed by atoms with E-state index in [1.165, 1.54) is 30.3 Å². The smallest absolute Gasteiger partial charge is 0.282 e. The quantitative estimate of drug-likeness (QED) is 0.505. The highest BCUT2D eigenvalue weighted by atomic mass is 32.2. The Kier molecular flexibility index (Phi) is 6.50. The van der Waals surface area contributed by atoms with Gasteiger partial charge in [-0.2, -0.15) is 8.42 Å². The van der Waals surface area contributed by atoms with Gasteiger partial charge in [0.1, 0.15) is 0 Å². The van der Waals surface area contributed by atoms with Crippen LogP contribution in [0.1, 0.15) is 12.5 Å². The SMILES string of the molecule is CCc1ccc(S(=O)(=O)O)cc1.O=[N+]([O-])c1cccc([N+](=O)[O-])c1. The molecule has 128 valence electrons. The summed E-state index contributed by atoms with van der Waals surface area (Å²) in [6.07, 6.45) is 0.853. The second-order valence-electron chi connectivity index (χ2n) is 4.51. The summed E-state index contributed by atoms with van der Waals surface area (Å²) >= 11 is 0. The van der Waals surface area contributed by atoms with Crippen LogP contribution in [0.4, 0.5) is 11.4 Å². The van der Waals surface area contributed by atoms with Crippen LogP contribution in [0.25, 0.3) is 0 Å². The average Bonchev–Trinajstić information content (AvgIpc) is 2.54. The first-order valence-corrected chi connectivity index (χ1v) is 8.04. The van der Waals surface area contributed by atoms with E-state index in [-0.39, 0.29) is 16.3 Å². The van der Waals surface area contributed by atoms with Gasteiger partial charge < -0.3 is 0 Å². The van der Waals surface area contributed by atoms with Gasteiger partial charge >= 0.3 is 0 Å². The van der Waals surface area contributed by atoms with Crippen molar-refractivity contribution in [3.63, 3.8) is 0 Å². The molecule has 0 aliphatic rings. The fourth-order valence-corrected chi connectivity index (χ4v) is 2.10. The van der Waals surface area contributed by atoms with Crippen LogP contribution in [0.15, 0.2) is 53.4 Å². The summed E-state index contributed by atoms with van der Waals surface area (Å²) in [5.74, 6) is 0. The number of nitrogens with zero attached hydrogens (tertiary/aromatic N) is 2. The second-order valence-corrected chi connectivity index (χ2v) is 5.93. The largest absolute Gasteiger partial charge is 0.294 e. The van der Waals surface area contributed by atoms with Gasteiger partial charge in [0.15, 0.2) is 0 Å². The van der Waals surface area contributed by atoms with Crippen LogP contribution >= 0.6 is 0 Å². The molecular formula is C14H14N2O7S. The van der Waals surface area contributed by atoms with Crippen LogP contribution in [0.2, 0.25) is 0 Å². The summed E-state index contributed by atoms with van der Waals surface area (Å²) in [6.45, 7) is 1.97. The highest BCUT2D eigenvalue weighted by Gasteiger charge is 2.11. The lowest BCUT2D eigenvalue weighted by Crippen LogP contribution is -1.97. The van der Waals surface area contributed by atoms with Crippen molar-refractivity contribution in [1.82, 2.24) is 0 Å². The van der Waals surface area contributed by atoms with E-state index in [1.807, 2.05) is 6.92 Å². The van der Waals surface area contributed by atoms with E-state index in [0.717, 1.165) is 18.1 Å². The van der Waals surface area contributed by atoms with Crippen molar-refractivity contribution in [2.45, 2.75) is 18.2 Å². The molecule has 2 aromatic carbocycles. The number of nitro groups is 2. The minimum atomic E-state index is -4.03. The lowest BCUT2D eigenvalue weighted by molar-refractivity contribution is -0.394. The molecule has 0 unspecified atom stereocenters. The third kappa shape index (κ3) is 5.74. The van der Waals surface area contributed by atoms with E-state index < -0.39 is 20.0 Å². The van der Waals surface area contributed by atoms with Crippen molar-refractivity contribution in [3.05, 3.63) is 74.3 Å². The lowest BCUT2D eigenvalue weighted by Gasteiger charge is -1.97. The predicted molar refractivity (Wildman–Crippen MR) is 85.4 cm³/mol. The van der Waals surface area contributed by atoms with E-state index in [4.69, 9.17) is 4.55 Å². The summed E-state index contributed by atoms with van der Waals surface area (Å²) in [5.41, 5.74) is 0.496. The van der Waals surface area contributed by atoms with E-state index in [0.29, 0.717) is 0 Å². The molecule has 1 N–H and O–H groups in total. The molecule has 9 nitrogen and oxygen atoms in total. The number of hydrogen-bond donors (Lipinski definition) is 1. The molecule has 0 atom stereocenters. The van der Waals surface area contributed by atoms with Gasteiger partial charge in [0.25, 0.3) is 21.5 Å². The molecular weight excluding hydrogens is 340 g/mol. The molecule has 0 heterocycles. The number of benzene rings is 2. The van der Waals surface area contributed by atoms with Crippen molar-refractivity contribution in [2.24, 2.45) is 0 Å². The Balaban J connectivity index is 0.000000240. The molecule has 0 radical (unpaired) electrons. The summed E-state index contributed by atoms with van der Waals surface area (Å²) in [4.78, 5) is 18.9. The lowest BCUT2D eigenvalue weighted by atomic mass is 10.2. The van der Waals surface area contributed by atoms with Crippen molar-refractivity contribution >= 4 is 21.5 Å². The third-order valence-corrected chi connectivity index (χ3v) is 3.75. The molecule has 2 rings (SSSR count). The van der Waals surface area contributed by atoms with Gasteiger partial charge in [-0.1, -0.05) is 19.1 Å². The maximum atomic E-state index is 10.6. The molecule has 0 saturated carbocycles. The number of hydrogen-bond acceptors (Lipinski definition) is 6.